The van der Waals surface area contributed by atoms with Crippen LogP contribution < -0.4 is 0 Å². The van der Waals surface area contributed by atoms with Crippen molar-refractivity contribution in [2.75, 3.05) is 0 Å². The fourth-order valence-electron chi connectivity index (χ4n) is 1.44. The minimum Gasteiger partial charge on any atom is -0.0628 e. The van der Waals surface area contributed by atoms with Gasteiger partial charge in [0.25, 0.3) is 0 Å². The smallest absolute Gasteiger partial charge is 0.0628 e. The Morgan fingerprint density at radius 2 is 1.00 bits per heavy atom. The average molecular weight is 157 g/mol. The monoisotopic (exact) mass is 157 g/mol. The van der Waals surface area contributed by atoms with Crippen molar-refractivity contribution in [2.45, 2.75) is 58.2 Å². The Balaban J connectivity index is 3.30. The van der Waals surface area contributed by atoms with Crippen LogP contribution in [0.3, 0.4) is 0 Å². The van der Waals surface area contributed by atoms with Crippen LogP contribution in [0.5, 0.6) is 0 Å². The number of rotatable bonds is 6. The van der Waals surface area contributed by atoms with Gasteiger partial charge in [-0.25, -0.2) is 0 Å². The van der Waals surface area contributed by atoms with Gasteiger partial charge >= 0.3 is 8.80 Å². The first-order valence-corrected chi connectivity index (χ1v) is 6.80. The van der Waals surface area contributed by atoms with E-state index in [1.807, 2.05) is 0 Å². The first kappa shape index (κ1) is 10.2. The summed E-state index contributed by atoms with van der Waals surface area (Å²) in [6.07, 6.45) is 4.23. The molecule has 0 aliphatic carbocycles. The first-order valence-electron chi connectivity index (χ1n) is 4.68. The molecule has 0 bridgehead atoms. The Morgan fingerprint density at radius 1 is 0.700 bits per heavy atom. The van der Waals surface area contributed by atoms with E-state index in [1.54, 1.807) is 18.1 Å². The molecule has 0 heterocycles. The van der Waals surface area contributed by atoms with E-state index in [9.17, 15) is 0 Å². The summed E-state index contributed by atoms with van der Waals surface area (Å²) in [5.41, 5.74) is 0. The van der Waals surface area contributed by atoms with Gasteiger partial charge in [-0.05, 0) is 19.3 Å². The standard InChI is InChI=1S/C9H21Si/c1-4-7-10(8-5-2)9-6-3/h4-9H2,1-3H3/q+1. The van der Waals surface area contributed by atoms with E-state index in [0.717, 1.165) is 0 Å². The van der Waals surface area contributed by atoms with Crippen LogP contribution in [-0.2, 0) is 0 Å². The Hall–Kier alpha value is 0.217. The molecule has 0 rings (SSSR count). The quantitative estimate of drug-likeness (QED) is 0.516. The third-order valence-electron chi connectivity index (χ3n) is 1.81. The van der Waals surface area contributed by atoms with Crippen LogP contribution in [0.4, 0.5) is 0 Å². The molecule has 0 amide bonds. The third kappa shape index (κ3) is 5.04. The zero-order valence-corrected chi connectivity index (χ0v) is 8.74. The molecule has 0 unspecified atom stereocenters. The Labute approximate surface area is 67.6 Å². The summed E-state index contributed by atoms with van der Waals surface area (Å²) < 4.78 is 0. The minimum atomic E-state index is 0.103. The van der Waals surface area contributed by atoms with Gasteiger partial charge in [0.2, 0.25) is 0 Å². The van der Waals surface area contributed by atoms with Crippen LogP contribution >= 0.6 is 0 Å². The Kier molecular flexibility index (Phi) is 7.48. The predicted molar refractivity (Wildman–Crippen MR) is 51.0 cm³/mol. The van der Waals surface area contributed by atoms with Crippen LogP contribution in [0.2, 0.25) is 18.1 Å². The van der Waals surface area contributed by atoms with Gasteiger partial charge in [-0.15, -0.1) is 0 Å². The molecular formula is C9H21Si+. The molecule has 0 saturated heterocycles. The third-order valence-corrected chi connectivity index (χ3v) is 5.43. The van der Waals surface area contributed by atoms with Crippen molar-refractivity contribution in [1.82, 2.24) is 0 Å². The van der Waals surface area contributed by atoms with Gasteiger partial charge in [0.15, 0.2) is 0 Å². The normalized spacial score (nSPS) is 9.90. The average Bonchev–Trinajstić information content (AvgIpc) is 1.90. The fourth-order valence-corrected chi connectivity index (χ4v) is 4.31. The van der Waals surface area contributed by atoms with E-state index in [0.29, 0.717) is 0 Å². The molecule has 0 aromatic carbocycles. The first-order chi connectivity index (χ1) is 4.85. The van der Waals surface area contributed by atoms with Gasteiger partial charge < -0.3 is 0 Å². The largest absolute Gasteiger partial charge is 0.314 e. The van der Waals surface area contributed by atoms with Crippen molar-refractivity contribution in [3.05, 3.63) is 0 Å². The second-order valence-electron chi connectivity index (χ2n) is 3.00. The molecule has 0 aromatic rings. The highest BCUT2D eigenvalue weighted by atomic mass is 28.3. The SMILES string of the molecule is CCC[Si+](CCC)CCC. The van der Waals surface area contributed by atoms with Crippen molar-refractivity contribution in [3.63, 3.8) is 0 Å². The number of hydrogen-bond acceptors (Lipinski definition) is 0. The highest BCUT2D eigenvalue weighted by Gasteiger charge is 2.21. The van der Waals surface area contributed by atoms with Crippen molar-refractivity contribution < 1.29 is 0 Å². The highest BCUT2D eigenvalue weighted by Crippen LogP contribution is 2.11. The van der Waals surface area contributed by atoms with Gasteiger partial charge in [0, 0.05) is 0 Å². The lowest BCUT2D eigenvalue weighted by Gasteiger charge is -1.96. The predicted octanol–water partition coefficient (Wildman–Crippen LogP) is 3.71. The van der Waals surface area contributed by atoms with E-state index >= 15 is 0 Å². The lowest BCUT2D eigenvalue weighted by molar-refractivity contribution is 0.957. The summed E-state index contributed by atoms with van der Waals surface area (Å²) in [5, 5.41) is 0. The maximum atomic E-state index is 2.32. The summed E-state index contributed by atoms with van der Waals surface area (Å²) in [7, 11) is 0.103. The van der Waals surface area contributed by atoms with E-state index in [1.165, 1.54) is 19.3 Å². The summed E-state index contributed by atoms with van der Waals surface area (Å²) >= 11 is 0. The lowest BCUT2D eigenvalue weighted by atomic mass is 10.6. The molecule has 0 radical (unpaired) electrons. The zero-order valence-electron chi connectivity index (χ0n) is 7.74. The molecule has 0 aliphatic heterocycles. The van der Waals surface area contributed by atoms with Gasteiger partial charge in [-0.3, -0.25) is 0 Å². The fraction of sp³-hybridized carbons (Fsp3) is 1.00. The molecule has 0 aliphatic rings. The number of hydrogen-bond donors (Lipinski definition) is 0. The van der Waals surface area contributed by atoms with Crippen LogP contribution in [0, 0.1) is 0 Å². The van der Waals surface area contributed by atoms with Crippen molar-refractivity contribution in [3.8, 4) is 0 Å². The lowest BCUT2D eigenvalue weighted by Crippen LogP contribution is -2.09. The molecule has 60 valence electrons. The van der Waals surface area contributed by atoms with E-state index in [2.05, 4.69) is 20.8 Å². The summed E-state index contributed by atoms with van der Waals surface area (Å²) in [6, 6.07) is 4.64. The molecule has 0 spiro atoms. The second-order valence-corrected chi connectivity index (χ2v) is 6.00. The molecule has 0 saturated carbocycles. The van der Waals surface area contributed by atoms with Crippen LogP contribution in [-0.4, -0.2) is 8.80 Å². The van der Waals surface area contributed by atoms with Crippen molar-refractivity contribution >= 4 is 8.80 Å². The van der Waals surface area contributed by atoms with Crippen molar-refractivity contribution in [1.29, 1.82) is 0 Å². The zero-order chi connectivity index (χ0) is 7.82. The topological polar surface area (TPSA) is 0 Å². The van der Waals surface area contributed by atoms with E-state index in [4.69, 9.17) is 0 Å². The Morgan fingerprint density at radius 3 is 1.20 bits per heavy atom. The molecule has 0 N–H and O–H groups in total. The van der Waals surface area contributed by atoms with E-state index < -0.39 is 0 Å². The highest BCUT2D eigenvalue weighted by molar-refractivity contribution is 6.58. The maximum Gasteiger partial charge on any atom is 0.314 e. The molecular weight excluding hydrogens is 136 g/mol. The molecule has 10 heavy (non-hydrogen) atoms. The summed E-state index contributed by atoms with van der Waals surface area (Å²) in [4.78, 5) is 0. The van der Waals surface area contributed by atoms with Crippen LogP contribution in [0.1, 0.15) is 40.0 Å². The maximum absolute atomic E-state index is 2.32. The van der Waals surface area contributed by atoms with Gasteiger partial charge in [-0.2, -0.15) is 0 Å². The summed E-state index contributed by atoms with van der Waals surface area (Å²) in [5.74, 6) is 0. The molecule has 0 fully saturated rings. The van der Waals surface area contributed by atoms with Gasteiger partial charge in [-0.1, -0.05) is 20.8 Å². The Bertz CT molecular complexity index is 47.5. The molecule has 0 atom stereocenters. The molecule has 1 heteroatoms. The van der Waals surface area contributed by atoms with E-state index in [-0.39, 0.29) is 8.80 Å². The summed E-state index contributed by atoms with van der Waals surface area (Å²) in [6.45, 7) is 6.95. The van der Waals surface area contributed by atoms with Crippen LogP contribution in [0.25, 0.3) is 0 Å². The molecule has 0 aromatic heterocycles. The second kappa shape index (κ2) is 7.33. The molecule has 0 nitrogen and oxygen atoms in total. The van der Waals surface area contributed by atoms with Crippen LogP contribution in [0.15, 0.2) is 0 Å². The van der Waals surface area contributed by atoms with Gasteiger partial charge in [0.1, 0.15) is 0 Å². The minimum absolute atomic E-state index is 0.103. The van der Waals surface area contributed by atoms with Crippen molar-refractivity contribution in [2.24, 2.45) is 0 Å². The van der Waals surface area contributed by atoms with Gasteiger partial charge in [0.05, 0.1) is 18.1 Å².